The molecule has 1 amide bonds. The summed E-state index contributed by atoms with van der Waals surface area (Å²) < 4.78 is 4.22. The predicted octanol–water partition coefficient (Wildman–Crippen LogP) is 4.04. The van der Waals surface area contributed by atoms with E-state index in [9.17, 15) is 9.90 Å². The molecular weight excluding hydrogens is 416 g/mol. The number of nitrogens with one attached hydrogen (secondary N) is 1. The number of anilines is 1. The van der Waals surface area contributed by atoms with E-state index in [-0.39, 0.29) is 12.0 Å². The van der Waals surface area contributed by atoms with Gasteiger partial charge in [0.15, 0.2) is 0 Å². The van der Waals surface area contributed by atoms with Crippen LogP contribution < -0.4 is 10.2 Å². The highest BCUT2D eigenvalue weighted by molar-refractivity contribution is 6.30. The number of hydrogen-bond acceptors (Lipinski definition) is 4. The third-order valence-corrected chi connectivity index (χ3v) is 6.79. The van der Waals surface area contributed by atoms with E-state index in [1.165, 1.54) is 4.90 Å². The molecule has 0 bridgehead atoms. The molecule has 0 spiro atoms. The second-order valence-electron chi connectivity index (χ2n) is 8.74. The lowest BCUT2D eigenvalue weighted by atomic mass is 9.95. The molecule has 0 unspecified atom stereocenters. The van der Waals surface area contributed by atoms with Gasteiger partial charge in [-0.3, -0.25) is 9.58 Å². The number of halogens is 1. The number of fused-ring (bicyclic) bond motifs is 3. The fourth-order valence-corrected chi connectivity index (χ4v) is 5.26. The minimum Gasteiger partial charge on any atom is -0.465 e. The molecule has 9 heteroatoms. The van der Waals surface area contributed by atoms with Crippen molar-refractivity contribution in [3.8, 4) is 0 Å². The van der Waals surface area contributed by atoms with Gasteiger partial charge in [0.1, 0.15) is 5.82 Å². The molecule has 2 aliphatic heterocycles. The van der Waals surface area contributed by atoms with Crippen LogP contribution in [0, 0.1) is 0 Å². The number of carbonyl (C=O) groups is 1. The molecule has 2 aromatic heterocycles. The van der Waals surface area contributed by atoms with Crippen LogP contribution in [0.4, 0.5) is 10.5 Å². The van der Waals surface area contributed by atoms with Crippen molar-refractivity contribution in [3.05, 3.63) is 40.9 Å². The average molecular weight is 443 g/mol. The minimum absolute atomic E-state index is 0.0356. The average Bonchev–Trinajstić information content (AvgIpc) is 3.46. The van der Waals surface area contributed by atoms with Crippen molar-refractivity contribution < 1.29 is 9.90 Å². The van der Waals surface area contributed by atoms with Gasteiger partial charge in [0, 0.05) is 36.3 Å². The highest BCUT2D eigenvalue weighted by Crippen LogP contribution is 2.38. The Kier molecular flexibility index (Phi) is 5.14. The number of carboxylic acid groups (broad SMARTS) is 1. The highest BCUT2D eigenvalue weighted by atomic mass is 35.5. The standard InChI is InChI=1S/C22H27ClN6O2/c1-13(11-27-12-15(23)9-25-27)21-26-20-17-4-3-14(2)28(22(30)31)18(17)5-6-19(20)29(21)16-7-8-24-10-16/h5-6,9,12-14,16,24H,3-4,7-8,10-11H2,1-2H3,(H,30,31)/t13-,14+,16+/m1/s1. The number of imidazole rings is 1. The quantitative estimate of drug-likeness (QED) is 0.636. The Bertz CT molecular complexity index is 1130. The molecule has 2 N–H and O–H groups in total. The highest BCUT2D eigenvalue weighted by Gasteiger charge is 2.32. The number of aromatic nitrogens is 4. The van der Waals surface area contributed by atoms with Gasteiger partial charge in [-0.1, -0.05) is 18.5 Å². The Morgan fingerprint density at radius 2 is 2.23 bits per heavy atom. The van der Waals surface area contributed by atoms with Crippen molar-refractivity contribution in [1.82, 2.24) is 24.6 Å². The van der Waals surface area contributed by atoms with Crippen molar-refractivity contribution in [2.24, 2.45) is 0 Å². The van der Waals surface area contributed by atoms with E-state index in [1.54, 1.807) is 6.20 Å². The summed E-state index contributed by atoms with van der Waals surface area (Å²) in [6.45, 7) is 6.70. The molecule has 1 aromatic carbocycles. The molecule has 5 rings (SSSR count). The summed E-state index contributed by atoms with van der Waals surface area (Å²) in [6.07, 6.45) is 5.25. The Hall–Kier alpha value is -2.58. The van der Waals surface area contributed by atoms with Gasteiger partial charge in [0.2, 0.25) is 0 Å². The van der Waals surface area contributed by atoms with Gasteiger partial charge >= 0.3 is 6.09 Å². The van der Waals surface area contributed by atoms with Crippen LogP contribution in [0.25, 0.3) is 11.0 Å². The van der Waals surface area contributed by atoms with Gasteiger partial charge in [0.25, 0.3) is 0 Å². The molecular formula is C22H27ClN6O2. The first-order valence-corrected chi connectivity index (χ1v) is 11.3. The molecule has 4 heterocycles. The summed E-state index contributed by atoms with van der Waals surface area (Å²) in [7, 11) is 0. The van der Waals surface area contributed by atoms with Crippen LogP contribution in [-0.2, 0) is 13.0 Å². The Labute approximate surface area is 185 Å². The number of benzene rings is 1. The number of aryl methyl sites for hydroxylation is 1. The summed E-state index contributed by atoms with van der Waals surface area (Å²) in [6, 6.07) is 4.31. The van der Waals surface area contributed by atoms with Gasteiger partial charge in [0.05, 0.1) is 34.5 Å². The monoisotopic (exact) mass is 442 g/mol. The summed E-state index contributed by atoms with van der Waals surface area (Å²) in [5, 5.41) is 18.2. The molecule has 3 aromatic rings. The molecule has 3 atom stereocenters. The van der Waals surface area contributed by atoms with Gasteiger partial charge in [-0.2, -0.15) is 5.10 Å². The lowest BCUT2D eigenvalue weighted by Gasteiger charge is -2.33. The van der Waals surface area contributed by atoms with Gasteiger partial charge in [-0.15, -0.1) is 0 Å². The smallest absolute Gasteiger partial charge is 0.412 e. The first-order valence-electron chi connectivity index (χ1n) is 10.9. The zero-order chi connectivity index (χ0) is 21.7. The van der Waals surface area contributed by atoms with Crippen LogP contribution in [0.1, 0.15) is 50.0 Å². The van der Waals surface area contributed by atoms with Crippen LogP contribution in [0.15, 0.2) is 24.5 Å². The van der Waals surface area contributed by atoms with Crippen LogP contribution in [-0.4, -0.2) is 49.7 Å². The topological polar surface area (TPSA) is 88.2 Å². The lowest BCUT2D eigenvalue weighted by Crippen LogP contribution is -2.41. The maximum absolute atomic E-state index is 11.9. The minimum atomic E-state index is -0.906. The normalized spacial score (nSPS) is 22.1. The SMILES string of the molecule is C[C@H](Cn1cc(Cl)cn1)c1nc2c3c(ccc2n1[C@H]1CCNC1)N(C(=O)O)[C@@H](C)CC3. The van der Waals surface area contributed by atoms with E-state index >= 15 is 0 Å². The van der Waals surface area contributed by atoms with Crippen molar-refractivity contribution in [2.75, 3.05) is 18.0 Å². The van der Waals surface area contributed by atoms with Crippen molar-refractivity contribution >= 4 is 34.4 Å². The molecule has 8 nitrogen and oxygen atoms in total. The maximum atomic E-state index is 11.9. The number of rotatable bonds is 4. The molecule has 0 aliphatic carbocycles. The Morgan fingerprint density at radius 1 is 1.39 bits per heavy atom. The number of amides is 1. The van der Waals surface area contributed by atoms with Crippen LogP contribution in [0.3, 0.4) is 0 Å². The summed E-state index contributed by atoms with van der Waals surface area (Å²) >= 11 is 6.05. The fourth-order valence-electron chi connectivity index (χ4n) is 5.10. The summed E-state index contributed by atoms with van der Waals surface area (Å²) in [4.78, 5) is 18.6. The largest absolute Gasteiger partial charge is 0.465 e. The molecule has 1 fully saturated rings. The van der Waals surface area contributed by atoms with Gasteiger partial charge in [-0.05, 0) is 44.9 Å². The fraction of sp³-hybridized carbons (Fsp3) is 0.500. The molecule has 1 saturated heterocycles. The van der Waals surface area contributed by atoms with Crippen molar-refractivity contribution in [3.63, 3.8) is 0 Å². The van der Waals surface area contributed by atoms with E-state index in [1.807, 2.05) is 23.9 Å². The van der Waals surface area contributed by atoms with Crippen molar-refractivity contribution in [2.45, 2.75) is 57.7 Å². The molecule has 31 heavy (non-hydrogen) atoms. The zero-order valence-electron chi connectivity index (χ0n) is 17.8. The van der Waals surface area contributed by atoms with Gasteiger partial charge in [-0.25, -0.2) is 9.78 Å². The van der Waals surface area contributed by atoms with E-state index in [4.69, 9.17) is 16.6 Å². The van der Waals surface area contributed by atoms with E-state index < -0.39 is 6.09 Å². The van der Waals surface area contributed by atoms with Gasteiger partial charge < -0.3 is 15.0 Å². The van der Waals surface area contributed by atoms with Crippen LogP contribution in [0.2, 0.25) is 5.02 Å². The molecule has 0 saturated carbocycles. The second kappa shape index (κ2) is 7.84. The summed E-state index contributed by atoms with van der Waals surface area (Å²) in [5.41, 5.74) is 3.83. The second-order valence-corrected chi connectivity index (χ2v) is 9.18. The van der Waals surface area contributed by atoms with E-state index in [0.717, 1.165) is 60.5 Å². The molecule has 164 valence electrons. The molecule has 2 aliphatic rings. The first kappa shape index (κ1) is 20.3. The van der Waals surface area contributed by atoms with Crippen molar-refractivity contribution in [1.29, 1.82) is 0 Å². The van der Waals surface area contributed by atoms with Crippen LogP contribution in [0.5, 0.6) is 0 Å². The molecule has 0 radical (unpaired) electrons. The zero-order valence-corrected chi connectivity index (χ0v) is 18.5. The summed E-state index contributed by atoms with van der Waals surface area (Å²) in [5.74, 6) is 1.14. The Morgan fingerprint density at radius 3 is 2.90 bits per heavy atom. The van der Waals surface area contributed by atoms with E-state index in [0.29, 0.717) is 17.6 Å². The number of hydrogen-bond donors (Lipinski definition) is 2. The first-order chi connectivity index (χ1) is 14.9. The van der Waals surface area contributed by atoms with Crippen LogP contribution >= 0.6 is 11.6 Å². The third-order valence-electron chi connectivity index (χ3n) is 6.59. The third kappa shape index (κ3) is 3.47. The Balaban J connectivity index is 1.64. The predicted molar refractivity (Wildman–Crippen MR) is 120 cm³/mol. The lowest BCUT2D eigenvalue weighted by molar-refractivity contribution is 0.198. The number of nitrogens with zero attached hydrogens (tertiary/aromatic N) is 5. The van der Waals surface area contributed by atoms with E-state index in [2.05, 4.69) is 28.0 Å². The maximum Gasteiger partial charge on any atom is 0.412 e.